The maximum absolute atomic E-state index is 13.0. The molecular weight excluding hydrogens is 492 g/mol. The molecular formula is C26H32N6O4S. The zero-order valence-electron chi connectivity index (χ0n) is 21.1. The number of amides is 3. The molecule has 3 aromatic rings. The van der Waals surface area contributed by atoms with Crippen molar-refractivity contribution >= 4 is 29.1 Å². The molecule has 0 saturated carbocycles. The Kier molecular flexibility index (Phi) is 8.89. The fourth-order valence-electron chi connectivity index (χ4n) is 4.19. The summed E-state index contributed by atoms with van der Waals surface area (Å²) in [6, 6.07) is 6.96. The zero-order chi connectivity index (χ0) is 26.2. The molecule has 1 aromatic carbocycles. The minimum absolute atomic E-state index is 0.174. The summed E-state index contributed by atoms with van der Waals surface area (Å²) in [4.78, 5) is 49.1. The number of fused-ring (bicyclic) bond motifs is 4. The molecule has 2 aromatic heterocycles. The number of hydrogen-bond acceptors (Lipinski definition) is 7. The van der Waals surface area contributed by atoms with Gasteiger partial charge in [-0.3, -0.25) is 14.4 Å². The first kappa shape index (κ1) is 26.3. The Balaban J connectivity index is 1.57. The predicted octanol–water partition coefficient (Wildman–Crippen LogP) is 2.58. The normalized spacial score (nSPS) is 17.7. The van der Waals surface area contributed by atoms with Gasteiger partial charge in [0.15, 0.2) is 0 Å². The van der Waals surface area contributed by atoms with E-state index in [-0.39, 0.29) is 24.3 Å². The summed E-state index contributed by atoms with van der Waals surface area (Å²) in [6.07, 6.45) is 4.59. The molecule has 3 amide bonds. The topological polar surface area (TPSA) is 118 Å². The van der Waals surface area contributed by atoms with Crippen molar-refractivity contribution in [1.82, 2.24) is 30.1 Å². The number of thiazole rings is 1. The molecule has 2 N–H and O–H groups in total. The molecule has 10 nitrogen and oxygen atoms in total. The molecule has 0 spiro atoms. The molecule has 1 aliphatic rings. The monoisotopic (exact) mass is 524 g/mol. The standard InChI is InChI=1S/C26H32N6O4S/c1-18(2)13-21-25(34)28-8-11-31-10-7-27-24(31)19-5-3-6-20(14-19)36-12-4-9-32(15-23(33)30-21)26(35)22-16-37-17-29-22/h3,5-7,10,14,16-18,21H,4,8-9,11-13,15H2,1-2H3,(H,28,34)(H,30,33)/t21-/m1/s1. The van der Waals surface area contributed by atoms with Crippen molar-refractivity contribution in [3.63, 3.8) is 0 Å². The van der Waals surface area contributed by atoms with Crippen LogP contribution < -0.4 is 15.4 Å². The van der Waals surface area contributed by atoms with Gasteiger partial charge < -0.3 is 24.8 Å². The van der Waals surface area contributed by atoms with Gasteiger partial charge in [0.25, 0.3) is 5.91 Å². The van der Waals surface area contributed by atoms with Crippen LogP contribution in [0.3, 0.4) is 0 Å². The van der Waals surface area contributed by atoms with Gasteiger partial charge in [0, 0.05) is 43.0 Å². The molecule has 11 heteroatoms. The SMILES string of the molecule is CC(C)C[C@H]1NC(=O)CN(C(=O)c2cscn2)CCCOc2cccc(c2)-c2nccn2CCNC1=O. The summed E-state index contributed by atoms with van der Waals surface area (Å²) in [5.41, 5.74) is 2.78. The van der Waals surface area contributed by atoms with Crippen LogP contribution in [-0.2, 0) is 16.1 Å². The molecule has 0 radical (unpaired) electrons. The second kappa shape index (κ2) is 12.5. The third-order valence-corrected chi connectivity index (χ3v) is 6.52. The van der Waals surface area contributed by atoms with E-state index < -0.39 is 11.9 Å². The van der Waals surface area contributed by atoms with Crippen molar-refractivity contribution in [2.75, 3.05) is 26.2 Å². The second-order valence-corrected chi connectivity index (χ2v) is 10.0. The van der Waals surface area contributed by atoms with E-state index in [0.29, 0.717) is 50.5 Å². The van der Waals surface area contributed by atoms with Crippen molar-refractivity contribution in [2.24, 2.45) is 5.92 Å². The van der Waals surface area contributed by atoms with E-state index in [1.165, 1.54) is 16.2 Å². The van der Waals surface area contributed by atoms with E-state index >= 15 is 0 Å². The predicted molar refractivity (Wildman–Crippen MR) is 140 cm³/mol. The first-order chi connectivity index (χ1) is 17.9. The molecule has 0 unspecified atom stereocenters. The van der Waals surface area contributed by atoms with Crippen LogP contribution in [-0.4, -0.2) is 69.4 Å². The number of imidazole rings is 1. The van der Waals surface area contributed by atoms with Crippen LogP contribution >= 0.6 is 11.3 Å². The van der Waals surface area contributed by atoms with Gasteiger partial charge in [-0.1, -0.05) is 26.0 Å². The van der Waals surface area contributed by atoms with E-state index in [1.807, 2.05) is 48.9 Å². The van der Waals surface area contributed by atoms with Gasteiger partial charge in [-0.05, 0) is 30.9 Å². The maximum Gasteiger partial charge on any atom is 0.273 e. The van der Waals surface area contributed by atoms with Gasteiger partial charge in [0.05, 0.1) is 18.7 Å². The number of aromatic nitrogens is 3. The van der Waals surface area contributed by atoms with Crippen LogP contribution in [0, 0.1) is 5.92 Å². The summed E-state index contributed by atoms with van der Waals surface area (Å²) in [5, 5.41) is 7.44. The number of rotatable bonds is 3. The van der Waals surface area contributed by atoms with Gasteiger partial charge in [-0.15, -0.1) is 11.3 Å². The van der Waals surface area contributed by atoms with Crippen molar-refractivity contribution in [1.29, 1.82) is 0 Å². The van der Waals surface area contributed by atoms with E-state index in [9.17, 15) is 14.4 Å². The van der Waals surface area contributed by atoms with Crippen molar-refractivity contribution in [3.05, 3.63) is 53.2 Å². The fourth-order valence-corrected chi connectivity index (χ4v) is 4.72. The largest absolute Gasteiger partial charge is 0.494 e. The number of carbonyl (C=O) groups excluding carboxylic acids is 3. The average molecular weight is 525 g/mol. The van der Waals surface area contributed by atoms with E-state index in [1.54, 1.807) is 17.1 Å². The third kappa shape index (κ3) is 7.16. The Morgan fingerprint density at radius 2 is 2.11 bits per heavy atom. The van der Waals surface area contributed by atoms with Gasteiger partial charge >= 0.3 is 0 Å². The van der Waals surface area contributed by atoms with E-state index in [0.717, 1.165) is 11.4 Å². The summed E-state index contributed by atoms with van der Waals surface area (Å²) in [7, 11) is 0. The lowest BCUT2D eigenvalue weighted by Crippen LogP contribution is -2.51. The van der Waals surface area contributed by atoms with Crippen LogP contribution in [0.1, 0.15) is 37.2 Å². The molecule has 1 atom stereocenters. The number of carbonyl (C=O) groups is 3. The molecule has 1 aliphatic heterocycles. The highest BCUT2D eigenvalue weighted by molar-refractivity contribution is 7.07. The first-order valence-corrected chi connectivity index (χ1v) is 13.3. The maximum atomic E-state index is 13.0. The van der Waals surface area contributed by atoms with Crippen molar-refractivity contribution in [2.45, 2.75) is 39.3 Å². The molecule has 2 bridgehead atoms. The van der Waals surface area contributed by atoms with Crippen molar-refractivity contribution < 1.29 is 19.1 Å². The van der Waals surface area contributed by atoms with Crippen LogP contribution in [0.15, 0.2) is 47.5 Å². The number of benzene rings is 1. The quantitative estimate of drug-likeness (QED) is 0.544. The van der Waals surface area contributed by atoms with Gasteiger partial charge in [0.1, 0.15) is 23.3 Å². The Morgan fingerprint density at radius 1 is 1.24 bits per heavy atom. The highest BCUT2D eigenvalue weighted by Crippen LogP contribution is 2.23. The molecule has 3 heterocycles. The molecule has 196 valence electrons. The minimum atomic E-state index is -0.704. The van der Waals surface area contributed by atoms with Crippen LogP contribution in [0.5, 0.6) is 5.75 Å². The summed E-state index contributed by atoms with van der Waals surface area (Å²) >= 11 is 1.32. The summed E-state index contributed by atoms with van der Waals surface area (Å²) in [6.45, 7) is 5.37. The minimum Gasteiger partial charge on any atom is -0.494 e. The van der Waals surface area contributed by atoms with Crippen molar-refractivity contribution in [3.8, 4) is 17.1 Å². The highest BCUT2D eigenvalue weighted by atomic mass is 32.1. The molecule has 0 aliphatic carbocycles. The number of ether oxygens (including phenoxy) is 1. The molecule has 4 rings (SSSR count). The van der Waals surface area contributed by atoms with Gasteiger partial charge in [-0.2, -0.15) is 0 Å². The van der Waals surface area contributed by atoms with Gasteiger partial charge in [-0.25, -0.2) is 9.97 Å². The molecule has 0 fully saturated rings. The Bertz CT molecular complexity index is 1210. The number of nitrogens with zero attached hydrogens (tertiary/aromatic N) is 4. The fraction of sp³-hybridized carbons (Fsp3) is 0.423. The van der Waals surface area contributed by atoms with Crippen LogP contribution in [0.25, 0.3) is 11.4 Å². The van der Waals surface area contributed by atoms with Gasteiger partial charge in [0.2, 0.25) is 11.8 Å². The van der Waals surface area contributed by atoms with Crippen LogP contribution in [0.4, 0.5) is 0 Å². The first-order valence-electron chi connectivity index (χ1n) is 12.4. The molecule has 37 heavy (non-hydrogen) atoms. The smallest absolute Gasteiger partial charge is 0.273 e. The summed E-state index contributed by atoms with van der Waals surface area (Å²) in [5.74, 6) is 0.672. The second-order valence-electron chi connectivity index (χ2n) is 9.32. The lowest BCUT2D eigenvalue weighted by atomic mass is 10.0. The van der Waals surface area contributed by atoms with E-state index in [2.05, 4.69) is 20.6 Å². The lowest BCUT2D eigenvalue weighted by Gasteiger charge is -2.25. The highest BCUT2D eigenvalue weighted by Gasteiger charge is 2.25. The van der Waals surface area contributed by atoms with E-state index in [4.69, 9.17) is 4.74 Å². The molecule has 0 saturated heterocycles. The Morgan fingerprint density at radius 3 is 2.89 bits per heavy atom. The summed E-state index contributed by atoms with van der Waals surface area (Å²) < 4.78 is 7.93. The Labute approximate surface area is 220 Å². The zero-order valence-corrected chi connectivity index (χ0v) is 21.9. The average Bonchev–Trinajstić information content (AvgIpc) is 3.57. The third-order valence-electron chi connectivity index (χ3n) is 5.93. The number of hydrogen-bond donors (Lipinski definition) is 2. The van der Waals surface area contributed by atoms with Crippen LogP contribution in [0.2, 0.25) is 0 Å². The lowest BCUT2D eigenvalue weighted by molar-refractivity contribution is -0.129. The number of nitrogens with one attached hydrogen (secondary N) is 2. The Hall–Kier alpha value is -3.73.